The monoisotopic (exact) mass is 328 g/mol. The second-order valence-corrected chi connectivity index (χ2v) is 7.21. The number of nitrogens with zero attached hydrogens (tertiary/aromatic N) is 2. The molecule has 1 fully saturated rings. The van der Waals surface area contributed by atoms with Crippen LogP contribution in [0.15, 0.2) is 0 Å². The standard InChI is InChI=1S/C17H32N2O4/c1-7-18(16(21)23-17(4,5)6)12-15-8-10-19(11-9-15)13(2)22-14(3)20/h13,15H,7-12H2,1-6H3. The van der Waals surface area contributed by atoms with Crippen molar-refractivity contribution in [3.05, 3.63) is 0 Å². The first-order chi connectivity index (χ1) is 10.6. The molecule has 0 bridgehead atoms. The van der Waals surface area contributed by atoms with Crippen molar-refractivity contribution in [2.75, 3.05) is 26.2 Å². The van der Waals surface area contributed by atoms with Crippen molar-refractivity contribution in [3.8, 4) is 0 Å². The van der Waals surface area contributed by atoms with Gasteiger partial charge in [0.15, 0.2) is 6.23 Å². The maximum absolute atomic E-state index is 12.2. The van der Waals surface area contributed by atoms with Gasteiger partial charge in [-0.15, -0.1) is 0 Å². The highest BCUT2D eigenvalue weighted by molar-refractivity contribution is 5.68. The third kappa shape index (κ3) is 7.20. The Morgan fingerprint density at radius 3 is 2.26 bits per heavy atom. The molecule has 6 heteroatoms. The molecule has 1 heterocycles. The van der Waals surface area contributed by atoms with Gasteiger partial charge in [-0.25, -0.2) is 4.79 Å². The van der Waals surface area contributed by atoms with E-state index in [1.165, 1.54) is 6.92 Å². The smallest absolute Gasteiger partial charge is 0.410 e. The second kappa shape index (κ2) is 8.52. The van der Waals surface area contributed by atoms with Crippen molar-refractivity contribution in [1.29, 1.82) is 0 Å². The molecule has 1 amide bonds. The number of piperidine rings is 1. The molecule has 6 nitrogen and oxygen atoms in total. The third-order valence-corrected chi connectivity index (χ3v) is 4.01. The van der Waals surface area contributed by atoms with E-state index in [1.807, 2.05) is 34.6 Å². The molecule has 0 saturated carbocycles. The van der Waals surface area contributed by atoms with Gasteiger partial charge >= 0.3 is 12.1 Å². The summed E-state index contributed by atoms with van der Waals surface area (Å²) in [5.74, 6) is 0.213. The normalized spacial score (nSPS) is 18.3. The van der Waals surface area contributed by atoms with E-state index in [0.717, 1.165) is 32.5 Å². The lowest BCUT2D eigenvalue weighted by Gasteiger charge is -2.37. The average Bonchev–Trinajstić information content (AvgIpc) is 2.42. The fourth-order valence-electron chi connectivity index (χ4n) is 2.78. The van der Waals surface area contributed by atoms with Gasteiger partial charge in [0.2, 0.25) is 0 Å². The van der Waals surface area contributed by atoms with Crippen molar-refractivity contribution < 1.29 is 19.1 Å². The molecule has 0 N–H and O–H groups in total. The zero-order chi connectivity index (χ0) is 17.6. The number of rotatable bonds is 5. The molecule has 0 radical (unpaired) electrons. The van der Waals surface area contributed by atoms with Gasteiger partial charge in [-0.05, 0) is 53.4 Å². The Bertz CT molecular complexity index is 398. The maximum atomic E-state index is 12.2. The van der Waals surface area contributed by atoms with E-state index in [2.05, 4.69) is 4.90 Å². The number of hydrogen-bond donors (Lipinski definition) is 0. The summed E-state index contributed by atoms with van der Waals surface area (Å²) in [5.41, 5.74) is -0.465. The van der Waals surface area contributed by atoms with E-state index in [1.54, 1.807) is 4.90 Å². The molecule has 1 saturated heterocycles. The van der Waals surface area contributed by atoms with Gasteiger partial charge in [0.25, 0.3) is 0 Å². The number of carbonyl (C=O) groups excluding carboxylic acids is 2. The SMILES string of the molecule is CCN(CC1CCN(C(C)OC(C)=O)CC1)C(=O)OC(C)(C)C. The Balaban J connectivity index is 2.44. The third-order valence-electron chi connectivity index (χ3n) is 4.01. The van der Waals surface area contributed by atoms with E-state index >= 15 is 0 Å². The van der Waals surface area contributed by atoms with Gasteiger partial charge < -0.3 is 14.4 Å². The molecule has 0 aromatic rings. The molecule has 1 atom stereocenters. The molecule has 1 rings (SSSR count). The summed E-state index contributed by atoms with van der Waals surface area (Å²) in [6.45, 7) is 14.1. The molecule has 134 valence electrons. The highest BCUT2D eigenvalue weighted by Gasteiger charge is 2.28. The maximum Gasteiger partial charge on any atom is 0.410 e. The number of hydrogen-bond acceptors (Lipinski definition) is 5. The number of likely N-dealkylation sites (tertiary alicyclic amines) is 1. The summed E-state index contributed by atoms with van der Waals surface area (Å²) in [6, 6.07) is 0. The predicted molar refractivity (Wildman–Crippen MR) is 89.0 cm³/mol. The van der Waals surface area contributed by atoms with Crippen LogP contribution in [0.3, 0.4) is 0 Å². The Morgan fingerprint density at radius 2 is 1.83 bits per heavy atom. The van der Waals surface area contributed by atoms with Crippen LogP contribution in [-0.2, 0) is 14.3 Å². The van der Waals surface area contributed by atoms with Crippen LogP contribution >= 0.6 is 0 Å². The minimum absolute atomic E-state index is 0.179. The van der Waals surface area contributed by atoms with Crippen molar-refractivity contribution in [2.24, 2.45) is 5.92 Å². The van der Waals surface area contributed by atoms with Crippen LogP contribution in [0.2, 0.25) is 0 Å². The van der Waals surface area contributed by atoms with Crippen LogP contribution < -0.4 is 0 Å². The van der Waals surface area contributed by atoms with Crippen LogP contribution in [0.4, 0.5) is 4.79 Å². The highest BCUT2D eigenvalue weighted by Crippen LogP contribution is 2.21. The lowest BCUT2D eigenvalue weighted by Crippen LogP contribution is -2.45. The Labute approximate surface area is 140 Å². The van der Waals surface area contributed by atoms with Crippen LogP contribution in [0.5, 0.6) is 0 Å². The summed E-state index contributed by atoms with van der Waals surface area (Å²) in [6.07, 6.45) is 1.56. The van der Waals surface area contributed by atoms with Crippen molar-refractivity contribution in [2.45, 2.75) is 66.2 Å². The minimum atomic E-state index is -0.465. The number of ether oxygens (including phenoxy) is 2. The number of amides is 1. The molecule has 1 aliphatic heterocycles. The fraction of sp³-hybridized carbons (Fsp3) is 0.882. The average molecular weight is 328 g/mol. The van der Waals surface area contributed by atoms with Gasteiger partial charge in [0.1, 0.15) is 5.60 Å². The van der Waals surface area contributed by atoms with Gasteiger partial charge in [0, 0.05) is 33.1 Å². The summed E-state index contributed by atoms with van der Waals surface area (Å²) < 4.78 is 10.7. The number of esters is 1. The van der Waals surface area contributed by atoms with Crippen LogP contribution in [0.25, 0.3) is 0 Å². The van der Waals surface area contributed by atoms with E-state index in [0.29, 0.717) is 12.5 Å². The Kier molecular flexibility index (Phi) is 7.32. The summed E-state index contributed by atoms with van der Waals surface area (Å²) >= 11 is 0. The summed E-state index contributed by atoms with van der Waals surface area (Å²) in [7, 11) is 0. The van der Waals surface area contributed by atoms with E-state index in [9.17, 15) is 9.59 Å². The van der Waals surface area contributed by atoms with Gasteiger partial charge in [-0.2, -0.15) is 0 Å². The van der Waals surface area contributed by atoms with Crippen molar-refractivity contribution >= 4 is 12.1 Å². The second-order valence-electron chi connectivity index (χ2n) is 7.21. The zero-order valence-electron chi connectivity index (χ0n) is 15.4. The lowest BCUT2D eigenvalue weighted by atomic mass is 9.96. The van der Waals surface area contributed by atoms with Crippen LogP contribution in [0, 0.1) is 5.92 Å². The fourth-order valence-corrected chi connectivity index (χ4v) is 2.78. The molecule has 0 spiro atoms. The highest BCUT2D eigenvalue weighted by atomic mass is 16.6. The van der Waals surface area contributed by atoms with Gasteiger partial charge in [-0.1, -0.05) is 0 Å². The number of carbonyl (C=O) groups is 2. The molecule has 1 aliphatic rings. The zero-order valence-corrected chi connectivity index (χ0v) is 15.4. The first-order valence-electron chi connectivity index (χ1n) is 8.51. The Morgan fingerprint density at radius 1 is 1.26 bits per heavy atom. The first kappa shape index (κ1) is 19.7. The summed E-state index contributed by atoms with van der Waals surface area (Å²) in [4.78, 5) is 27.2. The van der Waals surface area contributed by atoms with Crippen LogP contribution in [-0.4, -0.2) is 59.9 Å². The van der Waals surface area contributed by atoms with Crippen molar-refractivity contribution in [1.82, 2.24) is 9.80 Å². The molecule has 1 unspecified atom stereocenters. The van der Waals surface area contributed by atoms with E-state index in [4.69, 9.17) is 9.47 Å². The van der Waals surface area contributed by atoms with Gasteiger partial charge in [0.05, 0.1) is 0 Å². The summed E-state index contributed by atoms with van der Waals surface area (Å²) in [5, 5.41) is 0. The molecule has 0 aromatic heterocycles. The molecular formula is C17H32N2O4. The predicted octanol–water partition coefficient (Wildman–Crippen LogP) is 2.86. The molecular weight excluding hydrogens is 296 g/mol. The first-order valence-corrected chi connectivity index (χ1v) is 8.51. The minimum Gasteiger partial charge on any atom is -0.447 e. The van der Waals surface area contributed by atoms with Crippen LogP contribution in [0.1, 0.15) is 54.4 Å². The lowest BCUT2D eigenvalue weighted by molar-refractivity contribution is -0.156. The largest absolute Gasteiger partial charge is 0.447 e. The quantitative estimate of drug-likeness (QED) is 0.726. The molecule has 0 aliphatic carbocycles. The van der Waals surface area contributed by atoms with Crippen molar-refractivity contribution in [3.63, 3.8) is 0 Å². The van der Waals surface area contributed by atoms with E-state index in [-0.39, 0.29) is 18.3 Å². The van der Waals surface area contributed by atoms with Gasteiger partial charge in [-0.3, -0.25) is 9.69 Å². The van der Waals surface area contributed by atoms with E-state index < -0.39 is 5.60 Å². The molecule has 0 aromatic carbocycles. The topological polar surface area (TPSA) is 59.1 Å². The molecule has 23 heavy (non-hydrogen) atoms. The Hall–Kier alpha value is -1.30.